The van der Waals surface area contributed by atoms with Crippen molar-refractivity contribution in [3.8, 4) is 11.5 Å². The van der Waals surface area contributed by atoms with Crippen LogP contribution in [0.15, 0.2) is 17.0 Å². The third-order valence-corrected chi connectivity index (χ3v) is 3.43. The maximum atomic E-state index is 11.7. The minimum atomic E-state index is 0.00178. The molecule has 2 aromatic heterocycles. The largest absolute Gasteiger partial charge is 0.342 e. The van der Waals surface area contributed by atoms with Crippen LogP contribution >= 0.6 is 0 Å². The number of rotatable bonds is 3. The summed E-state index contributed by atoms with van der Waals surface area (Å²) >= 11 is 0. The molecule has 0 spiro atoms. The molecule has 7 nitrogen and oxygen atoms in total. The molecule has 0 radical (unpaired) electrons. The van der Waals surface area contributed by atoms with Gasteiger partial charge >= 0.3 is 0 Å². The number of likely N-dealkylation sites (tertiary alicyclic amines) is 1. The smallest absolute Gasteiger partial charge is 0.232 e. The zero-order chi connectivity index (χ0) is 13.4. The SMILES string of the molecule is CCN1CC(c2nc(-c3cncn3C)no2)CC1=O. The van der Waals surface area contributed by atoms with Gasteiger partial charge in [0.15, 0.2) is 0 Å². The number of imidazole rings is 1. The molecule has 0 bridgehead atoms. The van der Waals surface area contributed by atoms with Gasteiger partial charge in [0.1, 0.15) is 5.69 Å². The third kappa shape index (κ3) is 2.00. The van der Waals surface area contributed by atoms with E-state index in [1.807, 2.05) is 18.5 Å². The van der Waals surface area contributed by atoms with Gasteiger partial charge in [-0.3, -0.25) is 4.79 Å². The van der Waals surface area contributed by atoms with E-state index in [4.69, 9.17) is 4.52 Å². The Balaban J connectivity index is 1.83. The second kappa shape index (κ2) is 4.49. The summed E-state index contributed by atoms with van der Waals surface area (Å²) in [6, 6.07) is 0. The first-order valence-electron chi connectivity index (χ1n) is 6.27. The van der Waals surface area contributed by atoms with E-state index < -0.39 is 0 Å². The lowest BCUT2D eigenvalue weighted by atomic mass is 10.1. The van der Waals surface area contributed by atoms with Crippen molar-refractivity contribution in [1.82, 2.24) is 24.6 Å². The number of carbonyl (C=O) groups is 1. The highest BCUT2D eigenvalue weighted by Gasteiger charge is 2.33. The number of carbonyl (C=O) groups excluding carboxylic acids is 1. The van der Waals surface area contributed by atoms with Gasteiger partial charge < -0.3 is 14.0 Å². The normalized spacial score (nSPS) is 19.4. The van der Waals surface area contributed by atoms with Gasteiger partial charge in [-0.15, -0.1) is 0 Å². The van der Waals surface area contributed by atoms with Crippen molar-refractivity contribution in [2.24, 2.45) is 7.05 Å². The zero-order valence-corrected chi connectivity index (χ0v) is 10.9. The Morgan fingerprint density at radius 3 is 3.00 bits per heavy atom. The van der Waals surface area contributed by atoms with Gasteiger partial charge in [-0.2, -0.15) is 4.98 Å². The third-order valence-electron chi connectivity index (χ3n) is 3.43. The molecule has 2 aromatic rings. The van der Waals surface area contributed by atoms with Crippen LogP contribution in [0.1, 0.15) is 25.2 Å². The number of hydrogen-bond acceptors (Lipinski definition) is 5. The van der Waals surface area contributed by atoms with E-state index in [0.29, 0.717) is 24.7 Å². The van der Waals surface area contributed by atoms with Crippen molar-refractivity contribution >= 4 is 5.91 Å². The van der Waals surface area contributed by atoms with E-state index in [1.165, 1.54) is 0 Å². The first kappa shape index (κ1) is 11.9. The fraction of sp³-hybridized carbons (Fsp3) is 0.500. The molecule has 1 aliphatic heterocycles. The maximum Gasteiger partial charge on any atom is 0.232 e. The molecule has 1 saturated heterocycles. The van der Waals surface area contributed by atoms with Crippen molar-refractivity contribution < 1.29 is 9.32 Å². The zero-order valence-electron chi connectivity index (χ0n) is 10.9. The Morgan fingerprint density at radius 2 is 2.37 bits per heavy atom. The first-order valence-corrected chi connectivity index (χ1v) is 6.27. The summed E-state index contributed by atoms with van der Waals surface area (Å²) in [6.07, 6.45) is 3.82. The summed E-state index contributed by atoms with van der Waals surface area (Å²) in [5.74, 6) is 1.19. The van der Waals surface area contributed by atoms with Crippen molar-refractivity contribution in [2.75, 3.05) is 13.1 Å². The quantitative estimate of drug-likeness (QED) is 0.817. The number of aromatic nitrogens is 4. The molecule has 1 aliphatic rings. The van der Waals surface area contributed by atoms with Crippen LogP contribution in [0.2, 0.25) is 0 Å². The van der Waals surface area contributed by atoms with E-state index in [-0.39, 0.29) is 11.8 Å². The molecule has 0 aliphatic carbocycles. The van der Waals surface area contributed by atoms with E-state index in [9.17, 15) is 4.79 Å². The van der Waals surface area contributed by atoms with Gasteiger partial charge in [-0.25, -0.2) is 4.98 Å². The molecule has 1 atom stereocenters. The van der Waals surface area contributed by atoms with Crippen LogP contribution in [0.25, 0.3) is 11.5 Å². The minimum absolute atomic E-state index is 0.00178. The lowest BCUT2D eigenvalue weighted by molar-refractivity contribution is -0.127. The highest BCUT2D eigenvalue weighted by molar-refractivity contribution is 5.79. The highest BCUT2D eigenvalue weighted by atomic mass is 16.5. The van der Waals surface area contributed by atoms with Gasteiger partial charge in [0, 0.05) is 26.6 Å². The van der Waals surface area contributed by atoms with Gasteiger partial charge in [-0.05, 0) is 6.92 Å². The summed E-state index contributed by atoms with van der Waals surface area (Å²) in [6.45, 7) is 3.34. The summed E-state index contributed by atoms with van der Waals surface area (Å²) in [5.41, 5.74) is 0.798. The molecular formula is C12H15N5O2. The van der Waals surface area contributed by atoms with Crippen molar-refractivity contribution in [1.29, 1.82) is 0 Å². The number of amides is 1. The number of likely N-dealkylation sites (N-methyl/N-ethyl adjacent to an activating group) is 1. The molecular weight excluding hydrogens is 246 g/mol. The number of aryl methyl sites for hydroxylation is 1. The Morgan fingerprint density at radius 1 is 1.53 bits per heavy atom. The van der Waals surface area contributed by atoms with Crippen LogP contribution in [0.3, 0.4) is 0 Å². The monoisotopic (exact) mass is 261 g/mol. The van der Waals surface area contributed by atoms with Crippen LogP contribution in [0, 0.1) is 0 Å². The Bertz CT molecular complexity index is 603. The molecule has 0 N–H and O–H groups in total. The van der Waals surface area contributed by atoms with Crippen LogP contribution in [-0.4, -0.2) is 43.6 Å². The fourth-order valence-corrected chi connectivity index (χ4v) is 2.32. The van der Waals surface area contributed by atoms with E-state index in [0.717, 1.165) is 12.2 Å². The molecule has 1 unspecified atom stereocenters. The van der Waals surface area contributed by atoms with Crippen LogP contribution in [0.4, 0.5) is 0 Å². The van der Waals surface area contributed by atoms with Crippen LogP contribution in [-0.2, 0) is 11.8 Å². The van der Waals surface area contributed by atoms with Gasteiger partial charge in [0.05, 0.1) is 18.4 Å². The van der Waals surface area contributed by atoms with Crippen LogP contribution in [0.5, 0.6) is 0 Å². The predicted molar refractivity (Wildman–Crippen MR) is 66.1 cm³/mol. The molecule has 0 aromatic carbocycles. The molecule has 100 valence electrons. The average molecular weight is 261 g/mol. The standard InChI is InChI=1S/C12H15N5O2/c1-3-17-6-8(4-10(17)18)12-14-11(15-19-12)9-5-13-7-16(9)2/h5,7-8H,3-4,6H2,1-2H3. The maximum absolute atomic E-state index is 11.7. The summed E-state index contributed by atoms with van der Waals surface area (Å²) < 4.78 is 7.11. The van der Waals surface area contributed by atoms with Crippen molar-refractivity contribution in [3.63, 3.8) is 0 Å². The van der Waals surface area contributed by atoms with Gasteiger partial charge in [0.2, 0.25) is 17.6 Å². The second-order valence-corrected chi connectivity index (χ2v) is 4.68. The molecule has 3 rings (SSSR count). The number of hydrogen-bond donors (Lipinski definition) is 0. The van der Waals surface area contributed by atoms with Crippen LogP contribution < -0.4 is 0 Å². The molecule has 3 heterocycles. The first-order chi connectivity index (χ1) is 9.19. The summed E-state index contributed by atoms with van der Waals surface area (Å²) in [7, 11) is 1.87. The summed E-state index contributed by atoms with van der Waals surface area (Å²) in [4.78, 5) is 21.9. The Kier molecular flexibility index (Phi) is 2.81. The molecule has 1 fully saturated rings. The van der Waals surface area contributed by atoms with E-state index in [2.05, 4.69) is 15.1 Å². The topological polar surface area (TPSA) is 77.1 Å². The Hall–Kier alpha value is -2.18. The van der Waals surface area contributed by atoms with Crippen molar-refractivity contribution in [2.45, 2.75) is 19.3 Å². The Labute approximate surface area is 110 Å². The lowest BCUT2D eigenvalue weighted by Gasteiger charge is -2.11. The lowest BCUT2D eigenvalue weighted by Crippen LogP contribution is -2.24. The number of nitrogens with zero attached hydrogens (tertiary/aromatic N) is 5. The molecule has 19 heavy (non-hydrogen) atoms. The van der Waals surface area contributed by atoms with E-state index >= 15 is 0 Å². The molecule has 7 heteroatoms. The highest BCUT2D eigenvalue weighted by Crippen LogP contribution is 2.28. The predicted octanol–water partition coefficient (Wildman–Crippen LogP) is 0.806. The molecule has 1 amide bonds. The van der Waals surface area contributed by atoms with Gasteiger partial charge in [0.25, 0.3) is 0 Å². The van der Waals surface area contributed by atoms with Gasteiger partial charge in [-0.1, -0.05) is 5.16 Å². The summed E-state index contributed by atoms with van der Waals surface area (Å²) in [5, 5.41) is 3.96. The van der Waals surface area contributed by atoms with E-state index in [1.54, 1.807) is 17.4 Å². The minimum Gasteiger partial charge on any atom is -0.342 e. The second-order valence-electron chi connectivity index (χ2n) is 4.68. The fourth-order valence-electron chi connectivity index (χ4n) is 2.32. The molecule has 0 saturated carbocycles. The van der Waals surface area contributed by atoms with Crippen molar-refractivity contribution in [3.05, 3.63) is 18.4 Å². The average Bonchev–Trinajstić information content (AvgIpc) is 3.07.